The molecule has 29 heavy (non-hydrogen) atoms. The number of phenols is 1. The molecule has 1 N–H and O–H groups in total. The van der Waals surface area contributed by atoms with Crippen LogP contribution in [0.5, 0.6) is 5.75 Å². The number of alkyl halides is 1. The predicted octanol–water partition coefficient (Wildman–Crippen LogP) is 6.06. The summed E-state index contributed by atoms with van der Waals surface area (Å²) < 4.78 is 19.3. The van der Waals surface area contributed by atoms with Gasteiger partial charge in [0, 0.05) is 18.8 Å². The van der Waals surface area contributed by atoms with Gasteiger partial charge in [-0.05, 0) is 71.2 Å². The van der Waals surface area contributed by atoms with Crippen LogP contribution in [0, 0.1) is 6.92 Å². The van der Waals surface area contributed by atoms with Crippen LogP contribution in [0.4, 0.5) is 10.1 Å². The predicted molar refractivity (Wildman–Crippen MR) is 124 cm³/mol. The lowest BCUT2D eigenvalue weighted by Gasteiger charge is -2.24. The normalized spacial score (nSPS) is 11.6. The third kappa shape index (κ3) is 5.56. The first-order valence-corrected chi connectivity index (χ1v) is 11.1. The average molecular weight is 479 g/mol. The minimum Gasteiger partial charge on any atom is -0.507 e. The summed E-state index contributed by atoms with van der Waals surface area (Å²) in [6, 6.07) is 9.67. The van der Waals surface area contributed by atoms with E-state index in [-0.39, 0.29) is 12.4 Å². The summed E-state index contributed by atoms with van der Waals surface area (Å²) in [6.07, 6.45) is 3.97. The average Bonchev–Trinajstić information content (AvgIpc) is 3.10. The molecule has 0 radical (unpaired) electrons. The van der Waals surface area contributed by atoms with Crippen LogP contribution in [0.2, 0.25) is 0 Å². The van der Waals surface area contributed by atoms with Gasteiger partial charge in [-0.1, -0.05) is 12.1 Å². The number of aromatic nitrogens is 1. The van der Waals surface area contributed by atoms with Crippen molar-refractivity contribution in [1.82, 2.24) is 4.98 Å². The molecule has 0 aliphatic carbocycles. The van der Waals surface area contributed by atoms with Crippen molar-refractivity contribution in [3.8, 4) is 5.75 Å². The maximum Gasteiger partial charge on any atom is 0.129 e. The molecule has 3 rings (SSSR count). The molecule has 2 aromatic carbocycles. The lowest BCUT2D eigenvalue weighted by molar-refractivity contribution is 0.124. The number of likely N-dealkylation sites (N-methyl/N-ethyl adjacent to an activating group) is 1. The monoisotopic (exact) mass is 478 g/mol. The van der Waals surface area contributed by atoms with E-state index >= 15 is 0 Å². The SMILES string of the molecule is CCN(CCOCCF)c1cc2sc(/C=C/c3ccc(O)c(Br)c3)nc2cc1C. The molecule has 0 aliphatic rings. The second kappa shape index (κ2) is 10.2. The summed E-state index contributed by atoms with van der Waals surface area (Å²) in [5.41, 5.74) is 4.28. The Morgan fingerprint density at radius 2 is 2.07 bits per heavy atom. The largest absolute Gasteiger partial charge is 0.507 e. The molecule has 0 aliphatic heterocycles. The minimum absolute atomic E-state index is 0.151. The molecule has 154 valence electrons. The fourth-order valence-corrected chi connectivity index (χ4v) is 4.35. The molecular weight excluding hydrogens is 455 g/mol. The maximum atomic E-state index is 12.2. The number of hydrogen-bond acceptors (Lipinski definition) is 5. The summed E-state index contributed by atoms with van der Waals surface area (Å²) in [4.78, 5) is 6.97. The van der Waals surface area contributed by atoms with Gasteiger partial charge >= 0.3 is 0 Å². The number of aromatic hydroxyl groups is 1. The van der Waals surface area contributed by atoms with E-state index in [0.29, 0.717) is 11.1 Å². The fraction of sp³-hybridized carbons (Fsp3) is 0.318. The van der Waals surface area contributed by atoms with Crippen molar-refractivity contribution >= 4 is 55.3 Å². The second-order valence-electron chi connectivity index (χ2n) is 6.58. The van der Waals surface area contributed by atoms with Crippen molar-refractivity contribution in [3.05, 3.63) is 50.9 Å². The lowest BCUT2D eigenvalue weighted by atomic mass is 10.1. The highest BCUT2D eigenvalue weighted by molar-refractivity contribution is 9.10. The van der Waals surface area contributed by atoms with E-state index in [2.05, 4.69) is 46.8 Å². The Labute approximate surface area is 182 Å². The van der Waals surface area contributed by atoms with E-state index in [1.807, 2.05) is 24.3 Å². The Kier molecular flexibility index (Phi) is 7.64. The Morgan fingerprint density at radius 1 is 1.24 bits per heavy atom. The second-order valence-corrected chi connectivity index (χ2v) is 8.50. The molecule has 0 bridgehead atoms. The number of anilines is 1. The zero-order chi connectivity index (χ0) is 20.8. The van der Waals surface area contributed by atoms with E-state index in [9.17, 15) is 9.50 Å². The molecule has 0 unspecified atom stereocenters. The van der Waals surface area contributed by atoms with Crippen LogP contribution in [0.25, 0.3) is 22.4 Å². The Bertz CT molecular complexity index is 1010. The molecule has 1 heterocycles. The van der Waals surface area contributed by atoms with Crippen LogP contribution in [-0.4, -0.2) is 43.1 Å². The van der Waals surface area contributed by atoms with Crippen LogP contribution in [0.1, 0.15) is 23.1 Å². The molecule has 0 atom stereocenters. The molecule has 7 heteroatoms. The van der Waals surface area contributed by atoms with Crippen LogP contribution in [0.15, 0.2) is 34.8 Å². The number of thiazole rings is 1. The molecule has 0 fully saturated rings. The first kappa shape index (κ1) is 21.7. The summed E-state index contributed by atoms with van der Waals surface area (Å²) in [5, 5.41) is 10.5. The van der Waals surface area contributed by atoms with Crippen molar-refractivity contribution in [2.45, 2.75) is 13.8 Å². The Balaban J connectivity index is 1.80. The van der Waals surface area contributed by atoms with Gasteiger partial charge in [0.15, 0.2) is 0 Å². The minimum atomic E-state index is -0.449. The van der Waals surface area contributed by atoms with Crippen molar-refractivity contribution < 1.29 is 14.2 Å². The van der Waals surface area contributed by atoms with Crippen molar-refractivity contribution in [3.63, 3.8) is 0 Å². The molecule has 4 nitrogen and oxygen atoms in total. The highest BCUT2D eigenvalue weighted by atomic mass is 79.9. The first-order chi connectivity index (χ1) is 14.0. The van der Waals surface area contributed by atoms with Gasteiger partial charge < -0.3 is 14.7 Å². The number of aryl methyl sites for hydroxylation is 1. The number of halogens is 2. The fourth-order valence-electron chi connectivity index (χ4n) is 3.07. The highest BCUT2D eigenvalue weighted by Crippen LogP contribution is 2.31. The van der Waals surface area contributed by atoms with Gasteiger partial charge in [-0.25, -0.2) is 9.37 Å². The van der Waals surface area contributed by atoms with Crippen molar-refractivity contribution in [1.29, 1.82) is 0 Å². The Hall–Kier alpha value is -1.96. The Morgan fingerprint density at radius 3 is 2.79 bits per heavy atom. The lowest BCUT2D eigenvalue weighted by Crippen LogP contribution is -2.28. The molecule has 0 saturated carbocycles. The number of phenolic OH excluding ortho intramolecular Hbond substituents is 1. The van der Waals surface area contributed by atoms with Gasteiger partial charge in [-0.15, -0.1) is 11.3 Å². The third-order valence-electron chi connectivity index (χ3n) is 4.56. The molecular formula is C22H24BrFN2O2S. The molecule has 1 aromatic heterocycles. The van der Waals surface area contributed by atoms with Crippen LogP contribution < -0.4 is 4.90 Å². The quantitative estimate of drug-likeness (QED) is 0.379. The van der Waals surface area contributed by atoms with E-state index in [4.69, 9.17) is 9.72 Å². The van der Waals surface area contributed by atoms with Crippen LogP contribution >= 0.6 is 27.3 Å². The van der Waals surface area contributed by atoms with E-state index < -0.39 is 6.67 Å². The maximum absolute atomic E-state index is 12.2. The van der Waals surface area contributed by atoms with E-state index in [1.165, 1.54) is 0 Å². The molecule has 0 spiro atoms. The van der Waals surface area contributed by atoms with Crippen LogP contribution in [0.3, 0.4) is 0 Å². The number of ether oxygens (including phenoxy) is 1. The highest BCUT2D eigenvalue weighted by Gasteiger charge is 2.11. The van der Waals surface area contributed by atoms with E-state index in [0.717, 1.165) is 45.1 Å². The molecule has 0 saturated heterocycles. The first-order valence-electron chi connectivity index (χ1n) is 9.48. The number of fused-ring (bicyclic) bond motifs is 1. The molecule has 0 amide bonds. The third-order valence-corrected chi connectivity index (χ3v) is 6.18. The van der Waals surface area contributed by atoms with Crippen molar-refractivity contribution in [2.24, 2.45) is 0 Å². The zero-order valence-corrected chi connectivity index (χ0v) is 18.9. The smallest absolute Gasteiger partial charge is 0.129 e. The summed E-state index contributed by atoms with van der Waals surface area (Å²) in [6.45, 7) is 5.98. The van der Waals surface area contributed by atoms with Gasteiger partial charge in [0.25, 0.3) is 0 Å². The van der Waals surface area contributed by atoms with Gasteiger partial charge in [0.1, 0.15) is 17.4 Å². The van der Waals surface area contributed by atoms with Gasteiger partial charge in [0.2, 0.25) is 0 Å². The van der Waals surface area contributed by atoms with Gasteiger partial charge in [0.05, 0.1) is 27.9 Å². The topological polar surface area (TPSA) is 45.6 Å². The number of rotatable bonds is 9. The van der Waals surface area contributed by atoms with Gasteiger partial charge in [-0.2, -0.15) is 0 Å². The zero-order valence-electron chi connectivity index (χ0n) is 16.5. The summed E-state index contributed by atoms with van der Waals surface area (Å²) >= 11 is 4.97. The van der Waals surface area contributed by atoms with Crippen molar-refractivity contribution in [2.75, 3.05) is 37.9 Å². The molecule has 3 aromatic rings. The van der Waals surface area contributed by atoms with Gasteiger partial charge in [-0.3, -0.25) is 0 Å². The van der Waals surface area contributed by atoms with Crippen LogP contribution in [-0.2, 0) is 4.74 Å². The standard InChI is InChI=1S/C22H24BrFN2O2S/c1-3-26(9-11-28-10-8-24)19-14-21-18(12-15(19)2)25-22(29-21)7-5-16-4-6-20(27)17(23)13-16/h4-7,12-14,27H,3,8-11H2,1-2H3/b7-5+. The summed E-state index contributed by atoms with van der Waals surface area (Å²) in [5.74, 6) is 0.223. The number of hydrogen-bond donors (Lipinski definition) is 1. The number of benzene rings is 2. The van der Waals surface area contributed by atoms with E-state index in [1.54, 1.807) is 17.4 Å². The number of nitrogens with zero attached hydrogens (tertiary/aromatic N) is 2. The summed E-state index contributed by atoms with van der Waals surface area (Å²) in [7, 11) is 0.